The summed E-state index contributed by atoms with van der Waals surface area (Å²) in [6.45, 7) is 7.07. The molecule has 1 aliphatic rings. The Morgan fingerprint density at radius 2 is 1.94 bits per heavy atom. The molecule has 2 heterocycles. The van der Waals surface area contributed by atoms with Crippen LogP contribution in [0, 0.1) is 6.92 Å². The van der Waals surface area contributed by atoms with Gasteiger partial charge in [-0.1, -0.05) is 35.1 Å². The molecule has 3 aromatic rings. The second-order valence-electron chi connectivity index (χ2n) is 8.35. The molecule has 0 aliphatic carbocycles. The zero-order valence-electron chi connectivity index (χ0n) is 17.8. The molecule has 0 radical (unpaired) electrons. The summed E-state index contributed by atoms with van der Waals surface area (Å²) >= 11 is 1.29. The van der Waals surface area contributed by atoms with E-state index in [0.29, 0.717) is 10.2 Å². The Hall–Kier alpha value is -2.65. The van der Waals surface area contributed by atoms with Crippen LogP contribution in [0.25, 0.3) is 10.2 Å². The summed E-state index contributed by atoms with van der Waals surface area (Å²) in [4.78, 5) is 20.1. The van der Waals surface area contributed by atoms with E-state index in [9.17, 15) is 18.0 Å². The second kappa shape index (κ2) is 8.71. The number of anilines is 1. The van der Waals surface area contributed by atoms with Crippen molar-refractivity contribution in [2.45, 2.75) is 39.0 Å². The van der Waals surface area contributed by atoms with Gasteiger partial charge in [0, 0.05) is 32.2 Å². The van der Waals surface area contributed by atoms with Crippen molar-refractivity contribution in [1.82, 2.24) is 9.88 Å². The zero-order valence-corrected chi connectivity index (χ0v) is 18.6. The van der Waals surface area contributed by atoms with Gasteiger partial charge >= 0.3 is 12.1 Å². The predicted octanol–water partition coefficient (Wildman–Crippen LogP) is 4.96. The van der Waals surface area contributed by atoms with Crippen molar-refractivity contribution in [2.75, 3.05) is 24.5 Å². The van der Waals surface area contributed by atoms with Crippen LogP contribution in [-0.4, -0.2) is 46.6 Å². The molecule has 1 atom stereocenters. The Bertz CT molecular complexity index is 1150. The molecule has 9 heteroatoms. The first kappa shape index (κ1) is 22.5. The molecular formula is C23H24F3N3O2S. The van der Waals surface area contributed by atoms with Crippen molar-refractivity contribution in [1.29, 1.82) is 0 Å². The fraction of sp³-hybridized carbons (Fsp3) is 0.391. The fourth-order valence-corrected chi connectivity index (χ4v) is 5.38. The van der Waals surface area contributed by atoms with Gasteiger partial charge in [-0.15, -0.1) is 0 Å². The summed E-state index contributed by atoms with van der Waals surface area (Å²) in [7, 11) is 0. The van der Waals surface area contributed by atoms with Gasteiger partial charge in [0.2, 0.25) is 0 Å². The largest absolute Gasteiger partial charge is 0.481 e. The molecule has 0 unspecified atom stereocenters. The predicted molar refractivity (Wildman–Crippen MR) is 119 cm³/mol. The lowest BCUT2D eigenvalue weighted by molar-refractivity contribution is -0.138. The number of carboxylic acid groups (broad SMARTS) is 1. The first-order valence-electron chi connectivity index (χ1n) is 10.4. The van der Waals surface area contributed by atoms with Crippen molar-refractivity contribution in [3.8, 4) is 0 Å². The van der Waals surface area contributed by atoms with Crippen molar-refractivity contribution in [3.05, 3.63) is 58.7 Å². The Morgan fingerprint density at radius 3 is 2.62 bits per heavy atom. The van der Waals surface area contributed by atoms with Crippen LogP contribution in [0.4, 0.5) is 18.3 Å². The molecule has 1 N–H and O–H groups in total. The van der Waals surface area contributed by atoms with Gasteiger partial charge < -0.3 is 10.0 Å². The highest BCUT2D eigenvalue weighted by molar-refractivity contribution is 7.22. The molecule has 0 saturated carbocycles. The lowest BCUT2D eigenvalue weighted by Gasteiger charge is -2.39. The summed E-state index contributed by atoms with van der Waals surface area (Å²) < 4.78 is 39.6. The maximum Gasteiger partial charge on any atom is 0.416 e. The molecule has 1 aromatic heterocycles. The molecule has 2 aromatic carbocycles. The monoisotopic (exact) mass is 463 g/mol. The van der Waals surface area contributed by atoms with E-state index in [0.717, 1.165) is 54.1 Å². The number of piperazine rings is 1. The summed E-state index contributed by atoms with van der Waals surface area (Å²) in [5.41, 5.74) is 2.85. The van der Waals surface area contributed by atoms with Crippen molar-refractivity contribution in [3.63, 3.8) is 0 Å². The number of aryl methyl sites for hydroxylation is 1. The highest BCUT2D eigenvalue weighted by atomic mass is 32.1. The number of nitrogens with zero attached hydrogens (tertiary/aromatic N) is 3. The number of fused-ring (bicyclic) bond motifs is 1. The third-order valence-electron chi connectivity index (χ3n) is 5.62. The minimum atomic E-state index is -4.36. The number of carboxylic acids is 1. The quantitative estimate of drug-likeness (QED) is 0.580. The van der Waals surface area contributed by atoms with Crippen molar-refractivity contribution < 1.29 is 23.1 Å². The third-order valence-corrected chi connectivity index (χ3v) is 6.68. The highest BCUT2D eigenvalue weighted by Gasteiger charge is 2.31. The number of benzene rings is 2. The number of hydrogen-bond acceptors (Lipinski definition) is 5. The number of thiazole rings is 1. The van der Waals surface area contributed by atoms with Gasteiger partial charge in [0.1, 0.15) is 0 Å². The molecule has 1 fully saturated rings. The van der Waals surface area contributed by atoms with Crippen LogP contribution >= 0.6 is 11.3 Å². The molecule has 1 aliphatic heterocycles. The average molecular weight is 464 g/mol. The van der Waals surface area contributed by atoms with Gasteiger partial charge in [-0.3, -0.25) is 9.69 Å². The van der Waals surface area contributed by atoms with Crippen LogP contribution in [0.2, 0.25) is 0 Å². The summed E-state index contributed by atoms with van der Waals surface area (Å²) in [5, 5.41) is 9.81. The number of rotatable bonds is 5. The standard InChI is InChI=1S/C23H24F3N3O2S/c1-14-7-16(10-21(30)31)9-17(8-14)13-28-5-6-29(15(2)12-28)22-27-19-4-3-18(23(24,25)26)11-20(19)32-22/h3-4,7-9,11,15H,5-6,10,12-13H2,1-2H3,(H,30,31)/t15-/m1/s1. The van der Waals surface area contributed by atoms with E-state index in [1.165, 1.54) is 23.5 Å². The Balaban J connectivity index is 1.46. The number of carbonyl (C=O) groups is 1. The van der Waals surface area contributed by atoms with E-state index in [-0.39, 0.29) is 12.5 Å². The van der Waals surface area contributed by atoms with Crippen LogP contribution in [0.3, 0.4) is 0 Å². The minimum absolute atomic E-state index is 0.00647. The van der Waals surface area contributed by atoms with Crippen LogP contribution in [0.1, 0.15) is 29.2 Å². The van der Waals surface area contributed by atoms with Crippen molar-refractivity contribution >= 4 is 32.7 Å². The Morgan fingerprint density at radius 1 is 1.19 bits per heavy atom. The maximum absolute atomic E-state index is 13.0. The lowest BCUT2D eigenvalue weighted by Crippen LogP contribution is -2.51. The number of aromatic nitrogens is 1. The topological polar surface area (TPSA) is 56.7 Å². The molecule has 1 saturated heterocycles. The van der Waals surface area contributed by atoms with E-state index in [1.54, 1.807) is 0 Å². The third kappa shape index (κ3) is 5.05. The average Bonchev–Trinajstić information content (AvgIpc) is 3.09. The summed E-state index contributed by atoms with van der Waals surface area (Å²) in [6.07, 6.45) is -4.36. The van der Waals surface area contributed by atoms with Crippen LogP contribution in [-0.2, 0) is 23.9 Å². The Labute approximate surface area is 188 Å². The Kier molecular flexibility index (Phi) is 6.13. The smallest absolute Gasteiger partial charge is 0.416 e. The molecule has 5 nitrogen and oxygen atoms in total. The SMILES string of the molecule is Cc1cc(CC(=O)O)cc(CN2CCN(c3nc4ccc(C(F)(F)F)cc4s3)[C@H](C)C2)c1. The minimum Gasteiger partial charge on any atom is -0.481 e. The van der Waals surface area contributed by atoms with Crippen LogP contribution in [0.5, 0.6) is 0 Å². The molecule has 32 heavy (non-hydrogen) atoms. The van der Waals surface area contributed by atoms with Gasteiger partial charge in [0.25, 0.3) is 0 Å². The van der Waals surface area contributed by atoms with Crippen LogP contribution in [0.15, 0.2) is 36.4 Å². The van der Waals surface area contributed by atoms with E-state index in [4.69, 9.17) is 5.11 Å². The van der Waals surface area contributed by atoms with Gasteiger partial charge in [0.15, 0.2) is 5.13 Å². The molecule has 0 bridgehead atoms. The van der Waals surface area contributed by atoms with Gasteiger partial charge in [-0.25, -0.2) is 4.98 Å². The molecule has 4 rings (SSSR count). The first-order valence-corrected chi connectivity index (χ1v) is 11.2. The van der Waals surface area contributed by atoms with E-state index in [2.05, 4.69) is 27.8 Å². The normalized spacial score (nSPS) is 17.8. The van der Waals surface area contributed by atoms with E-state index in [1.807, 2.05) is 19.1 Å². The van der Waals surface area contributed by atoms with Gasteiger partial charge in [-0.05, 0) is 43.2 Å². The number of aliphatic carboxylic acids is 1. The lowest BCUT2D eigenvalue weighted by atomic mass is 10.0. The zero-order chi connectivity index (χ0) is 23.0. The number of alkyl halides is 3. The van der Waals surface area contributed by atoms with E-state index < -0.39 is 17.7 Å². The summed E-state index contributed by atoms with van der Waals surface area (Å²) in [5.74, 6) is -0.845. The number of hydrogen-bond donors (Lipinski definition) is 1. The molecule has 170 valence electrons. The summed E-state index contributed by atoms with van der Waals surface area (Å²) in [6, 6.07) is 9.76. The van der Waals surface area contributed by atoms with E-state index >= 15 is 0 Å². The number of halogens is 3. The maximum atomic E-state index is 13.0. The molecular weight excluding hydrogens is 439 g/mol. The fourth-order valence-electron chi connectivity index (χ4n) is 4.25. The van der Waals surface area contributed by atoms with Gasteiger partial charge in [0.05, 0.1) is 22.2 Å². The van der Waals surface area contributed by atoms with Gasteiger partial charge in [-0.2, -0.15) is 13.2 Å². The van der Waals surface area contributed by atoms with Crippen molar-refractivity contribution in [2.24, 2.45) is 0 Å². The second-order valence-corrected chi connectivity index (χ2v) is 9.36. The van der Waals surface area contributed by atoms with Crippen LogP contribution < -0.4 is 4.90 Å². The molecule has 0 amide bonds. The molecule has 0 spiro atoms. The highest BCUT2D eigenvalue weighted by Crippen LogP contribution is 2.36. The first-order chi connectivity index (χ1) is 15.1.